The summed E-state index contributed by atoms with van der Waals surface area (Å²) in [6.07, 6.45) is 4.39. The standard InChI is InChI=1S/C53H32OS/c1-3-19-38-35(16-1)46(31-47-36-17-2-8-24-43(36)52-45(51(38)47)27-13-29-54-52)50-41-22-6-4-20-39(41)49(40-21-5-7-23-42(40)50)33-15-11-14-32(30-33)34-25-12-26-44-37-18-9-10-28-48(37)55-53(34)44/h1-28,30-31H,29H2. The number of hydrogen-bond acceptors (Lipinski definition) is 2. The summed E-state index contributed by atoms with van der Waals surface area (Å²) in [7, 11) is 0. The van der Waals surface area contributed by atoms with Gasteiger partial charge in [-0.25, -0.2) is 0 Å². The van der Waals surface area contributed by atoms with E-state index < -0.39 is 0 Å². The topological polar surface area (TPSA) is 9.23 Å². The lowest BCUT2D eigenvalue weighted by Crippen LogP contribution is -2.02. The van der Waals surface area contributed by atoms with Crippen LogP contribution in [0.15, 0.2) is 176 Å². The molecule has 0 radical (unpaired) electrons. The second-order valence-corrected chi connectivity index (χ2v) is 15.6. The molecule has 0 amide bonds. The van der Waals surface area contributed by atoms with Crippen LogP contribution in [0.25, 0.3) is 113 Å². The fraction of sp³-hybridized carbons (Fsp3) is 0.0189. The predicted octanol–water partition coefficient (Wildman–Crippen LogP) is 15.2. The first-order valence-corrected chi connectivity index (χ1v) is 19.8. The van der Waals surface area contributed by atoms with Crippen LogP contribution in [0.4, 0.5) is 0 Å². The maximum atomic E-state index is 6.36. The zero-order valence-electron chi connectivity index (χ0n) is 29.8. The Labute approximate surface area is 322 Å². The summed E-state index contributed by atoms with van der Waals surface area (Å²) in [4.78, 5) is 0. The van der Waals surface area contributed by atoms with Crippen LogP contribution < -0.4 is 4.74 Å². The number of ether oxygens (including phenoxy) is 1. The molecule has 0 saturated carbocycles. The van der Waals surface area contributed by atoms with Crippen LogP contribution in [-0.4, -0.2) is 6.61 Å². The molecule has 1 aromatic heterocycles. The van der Waals surface area contributed by atoms with Gasteiger partial charge in [0.1, 0.15) is 12.4 Å². The molecule has 0 aliphatic carbocycles. The van der Waals surface area contributed by atoms with Gasteiger partial charge in [-0.3, -0.25) is 0 Å². The Balaban J connectivity index is 1.16. The molecule has 55 heavy (non-hydrogen) atoms. The van der Waals surface area contributed by atoms with Crippen LogP contribution in [0.2, 0.25) is 0 Å². The van der Waals surface area contributed by atoms with Gasteiger partial charge in [-0.15, -0.1) is 11.3 Å². The highest BCUT2D eigenvalue weighted by Gasteiger charge is 2.23. The lowest BCUT2D eigenvalue weighted by molar-refractivity contribution is 0.363. The van der Waals surface area contributed by atoms with Crippen molar-refractivity contribution in [2.45, 2.75) is 0 Å². The van der Waals surface area contributed by atoms with Crippen molar-refractivity contribution >= 4 is 91.4 Å². The fourth-order valence-electron chi connectivity index (χ4n) is 9.42. The number of benzene rings is 10. The molecular weight excluding hydrogens is 685 g/mol. The molecule has 2 heterocycles. The predicted molar refractivity (Wildman–Crippen MR) is 238 cm³/mol. The van der Waals surface area contributed by atoms with Crippen LogP contribution in [0.5, 0.6) is 5.75 Å². The first-order chi connectivity index (χ1) is 27.3. The smallest absolute Gasteiger partial charge is 0.135 e. The summed E-state index contributed by atoms with van der Waals surface area (Å²) in [5.74, 6) is 0.981. The van der Waals surface area contributed by atoms with E-state index in [1.54, 1.807) is 0 Å². The molecule has 11 aromatic rings. The van der Waals surface area contributed by atoms with Crippen LogP contribution in [0, 0.1) is 0 Å². The Morgan fingerprint density at radius 3 is 1.75 bits per heavy atom. The van der Waals surface area contributed by atoms with Crippen molar-refractivity contribution in [1.82, 2.24) is 0 Å². The SMILES string of the molecule is C1=Cc2c(c3ccccc3c3cc(-c4c5ccccc5c(-c5cccc(-c6cccc7c6sc6ccccc67)c5)c5ccccc45)c4ccccc4c23)OC1. The number of rotatable bonds is 3. The van der Waals surface area contributed by atoms with Gasteiger partial charge in [-0.05, 0) is 101 Å². The Kier molecular flexibility index (Phi) is 6.63. The Morgan fingerprint density at radius 2 is 0.982 bits per heavy atom. The van der Waals surface area contributed by atoms with E-state index in [9.17, 15) is 0 Å². The van der Waals surface area contributed by atoms with Crippen molar-refractivity contribution in [3.63, 3.8) is 0 Å². The molecule has 1 nitrogen and oxygen atoms in total. The van der Waals surface area contributed by atoms with Gasteiger partial charge in [0, 0.05) is 36.5 Å². The van der Waals surface area contributed by atoms with Gasteiger partial charge in [0.25, 0.3) is 0 Å². The van der Waals surface area contributed by atoms with E-state index in [1.807, 2.05) is 11.3 Å². The molecule has 12 rings (SSSR count). The van der Waals surface area contributed by atoms with Crippen molar-refractivity contribution < 1.29 is 4.74 Å². The number of thiophene rings is 1. The molecule has 1 aliphatic heterocycles. The van der Waals surface area contributed by atoms with Gasteiger partial charge in [0.2, 0.25) is 0 Å². The third-order valence-corrected chi connectivity index (χ3v) is 12.9. The van der Waals surface area contributed by atoms with Gasteiger partial charge >= 0.3 is 0 Å². The first-order valence-electron chi connectivity index (χ1n) is 19.0. The highest BCUT2D eigenvalue weighted by molar-refractivity contribution is 7.26. The maximum absolute atomic E-state index is 6.36. The molecule has 1 aliphatic rings. The maximum Gasteiger partial charge on any atom is 0.135 e. The average Bonchev–Trinajstić information content (AvgIpc) is 3.64. The van der Waals surface area contributed by atoms with Crippen molar-refractivity contribution in [3.8, 4) is 39.1 Å². The van der Waals surface area contributed by atoms with Crippen LogP contribution in [-0.2, 0) is 0 Å². The minimum absolute atomic E-state index is 0.590. The molecule has 0 saturated heterocycles. The summed E-state index contributed by atoms with van der Waals surface area (Å²) in [6, 6.07) is 62.9. The van der Waals surface area contributed by atoms with Crippen molar-refractivity contribution in [2.24, 2.45) is 0 Å². The lowest BCUT2D eigenvalue weighted by atomic mass is 9.82. The van der Waals surface area contributed by atoms with E-state index >= 15 is 0 Å². The molecule has 2 heteroatoms. The summed E-state index contributed by atoms with van der Waals surface area (Å²) >= 11 is 1.89. The molecule has 0 atom stereocenters. The Morgan fingerprint density at radius 1 is 0.400 bits per heavy atom. The highest BCUT2D eigenvalue weighted by Crippen LogP contribution is 2.50. The van der Waals surface area contributed by atoms with Gasteiger partial charge in [-0.2, -0.15) is 0 Å². The molecule has 10 aromatic carbocycles. The van der Waals surface area contributed by atoms with Crippen LogP contribution >= 0.6 is 11.3 Å². The highest BCUT2D eigenvalue weighted by atomic mass is 32.1. The monoisotopic (exact) mass is 716 g/mol. The third kappa shape index (κ3) is 4.46. The zero-order valence-corrected chi connectivity index (χ0v) is 30.7. The molecular formula is C53H32OS. The van der Waals surface area contributed by atoms with Gasteiger partial charge in [-0.1, -0.05) is 158 Å². The summed E-state index contributed by atoms with van der Waals surface area (Å²) in [5, 5.41) is 15.0. The number of hydrogen-bond donors (Lipinski definition) is 0. The average molecular weight is 717 g/mol. The van der Waals surface area contributed by atoms with Gasteiger partial charge < -0.3 is 4.74 Å². The summed E-state index contributed by atoms with van der Waals surface area (Å²) in [5.41, 5.74) is 8.70. The molecule has 0 bridgehead atoms. The molecule has 256 valence electrons. The molecule has 0 N–H and O–H groups in total. The van der Waals surface area contributed by atoms with Crippen LogP contribution in [0.3, 0.4) is 0 Å². The summed E-state index contributed by atoms with van der Waals surface area (Å²) < 4.78 is 9.03. The van der Waals surface area contributed by atoms with E-state index in [1.165, 1.54) is 108 Å². The number of fused-ring (bicyclic) bond motifs is 13. The molecule has 0 fully saturated rings. The fourth-order valence-corrected chi connectivity index (χ4v) is 10.7. The van der Waals surface area contributed by atoms with E-state index in [0.717, 1.165) is 11.1 Å². The van der Waals surface area contributed by atoms with Crippen molar-refractivity contribution in [1.29, 1.82) is 0 Å². The van der Waals surface area contributed by atoms with Gasteiger partial charge in [0.15, 0.2) is 0 Å². The second kappa shape index (κ2) is 11.9. The molecule has 0 unspecified atom stereocenters. The Bertz CT molecular complexity index is 3380. The quantitative estimate of drug-likeness (QED) is 0.131. The van der Waals surface area contributed by atoms with E-state index in [4.69, 9.17) is 4.74 Å². The summed E-state index contributed by atoms with van der Waals surface area (Å²) in [6.45, 7) is 0.590. The largest absolute Gasteiger partial charge is 0.488 e. The van der Waals surface area contributed by atoms with Crippen LogP contribution in [0.1, 0.15) is 5.56 Å². The van der Waals surface area contributed by atoms with E-state index in [0.29, 0.717) is 6.61 Å². The first kappa shape index (κ1) is 30.7. The van der Waals surface area contributed by atoms with Gasteiger partial charge in [0.05, 0.1) is 0 Å². The third-order valence-electron chi connectivity index (χ3n) is 11.7. The van der Waals surface area contributed by atoms with Crippen molar-refractivity contribution in [3.05, 3.63) is 181 Å². The van der Waals surface area contributed by atoms with E-state index in [-0.39, 0.29) is 0 Å². The van der Waals surface area contributed by atoms with Crippen molar-refractivity contribution in [2.75, 3.05) is 6.61 Å². The van der Waals surface area contributed by atoms with E-state index in [2.05, 4.69) is 182 Å². The minimum atomic E-state index is 0.590. The second-order valence-electron chi connectivity index (χ2n) is 14.6. The minimum Gasteiger partial charge on any atom is -0.488 e. The molecule has 0 spiro atoms. The Hall–Kier alpha value is -6.74. The lowest BCUT2D eigenvalue weighted by Gasteiger charge is -2.23. The normalized spacial score (nSPS) is 12.7. The zero-order chi connectivity index (χ0) is 36.0.